The molecule has 2 aliphatic heterocycles. The maximum atomic E-state index is 16.0. The standard InChI is InChI=1S/C41H33N3O3/c1-30-37-38(44(42-30)35-25-15-6-16-26-35)43(29-36(31-17-7-2-8-18-31)32-19-9-3-10-20-32)39(45)40(33-21-11-4-12-22-33,34-23-13-5-14-24-34)41(37)46-27-28-47-41/h2-26,29H,27-28H2,1H3. The van der Waals surface area contributed by atoms with Gasteiger partial charge in [0.05, 0.1) is 30.2 Å². The lowest BCUT2D eigenvalue weighted by Gasteiger charge is -2.51. The van der Waals surface area contributed by atoms with Gasteiger partial charge in [-0.25, -0.2) is 4.68 Å². The molecule has 1 aromatic heterocycles. The zero-order valence-corrected chi connectivity index (χ0v) is 26.0. The molecule has 6 heteroatoms. The normalized spacial score (nSPS) is 16.2. The summed E-state index contributed by atoms with van der Waals surface area (Å²) in [5, 5.41) is 5.11. The van der Waals surface area contributed by atoms with Gasteiger partial charge in [0.25, 0.3) is 5.91 Å². The summed E-state index contributed by atoms with van der Waals surface area (Å²) in [5.41, 5.74) is 5.25. The molecule has 0 atom stereocenters. The fourth-order valence-corrected chi connectivity index (χ4v) is 7.22. The lowest BCUT2D eigenvalue weighted by atomic mass is 9.63. The summed E-state index contributed by atoms with van der Waals surface area (Å²) in [6.45, 7) is 2.64. The van der Waals surface area contributed by atoms with Crippen LogP contribution in [-0.2, 0) is 25.5 Å². The maximum Gasteiger partial charge on any atom is 0.253 e. The first kappa shape index (κ1) is 28.9. The first-order valence-corrected chi connectivity index (χ1v) is 15.9. The summed E-state index contributed by atoms with van der Waals surface area (Å²) in [5.74, 6) is -1.10. The van der Waals surface area contributed by atoms with Gasteiger partial charge < -0.3 is 9.47 Å². The summed E-state index contributed by atoms with van der Waals surface area (Å²) in [7, 11) is 0. The Morgan fingerprint density at radius 2 is 1.11 bits per heavy atom. The third kappa shape index (κ3) is 4.41. The number of hydrogen-bond donors (Lipinski definition) is 0. The monoisotopic (exact) mass is 615 g/mol. The summed E-state index contributed by atoms with van der Waals surface area (Å²) >= 11 is 0. The van der Waals surface area contributed by atoms with Crippen LogP contribution in [0.4, 0.5) is 5.82 Å². The molecule has 0 saturated carbocycles. The molecule has 1 spiro atoms. The molecule has 47 heavy (non-hydrogen) atoms. The van der Waals surface area contributed by atoms with E-state index in [1.807, 2.05) is 145 Å². The van der Waals surface area contributed by atoms with Crippen molar-refractivity contribution in [1.82, 2.24) is 9.78 Å². The summed E-state index contributed by atoms with van der Waals surface area (Å²) in [6, 6.07) is 50.0. The molecule has 2 aliphatic rings. The largest absolute Gasteiger partial charge is 0.342 e. The minimum Gasteiger partial charge on any atom is -0.342 e. The average Bonchev–Trinajstić information content (AvgIpc) is 3.76. The van der Waals surface area contributed by atoms with Crippen molar-refractivity contribution in [2.45, 2.75) is 18.1 Å². The van der Waals surface area contributed by atoms with Crippen LogP contribution < -0.4 is 4.90 Å². The molecule has 6 nitrogen and oxygen atoms in total. The zero-order chi connectivity index (χ0) is 31.8. The van der Waals surface area contributed by atoms with Crippen molar-refractivity contribution in [3.8, 4) is 5.69 Å². The molecule has 0 bridgehead atoms. The van der Waals surface area contributed by atoms with Crippen LogP contribution in [0.15, 0.2) is 158 Å². The van der Waals surface area contributed by atoms with Crippen molar-refractivity contribution in [2.75, 3.05) is 18.1 Å². The number of aryl methyl sites for hydroxylation is 1. The Hall–Kier alpha value is -5.56. The molecule has 0 aliphatic carbocycles. The Labute approximate surface area is 274 Å². The highest BCUT2D eigenvalue weighted by Gasteiger charge is 2.70. The van der Waals surface area contributed by atoms with E-state index in [1.165, 1.54) is 0 Å². The third-order valence-corrected chi connectivity index (χ3v) is 9.16. The molecule has 1 fully saturated rings. The predicted molar refractivity (Wildman–Crippen MR) is 183 cm³/mol. The average molecular weight is 616 g/mol. The first-order valence-electron chi connectivity index (χ1n) is 15.9. The van der Waals surface area contributed by atoms with E-state index >= 15 is 4.79 Å². The van der Waals surface area contributed by atoms with Gasteiger partial charge in [0.1, 0.15) is 0 Å². The number of fused-ring (bicyclic) bond motifs is 2. The molecule has 1 amide bonds. The van der Waals surface area contributed by atoms with E-state index in [4.69, 9.17) is 14.6 Å². The number of amides is 1. The van der Waals surface area contributed by atoms with E-state index in [9.17, 15) is 0 Å². The first-order chi connectivity index (χ1) is 23.1. The molecular formula is C41H33N3O3. The molecule has 6 aromatic rings. The van der Waals surface area contributed by atoms with Gasteiger partial charge in [-0.1, -0.05) is 140 Å². The van der Waals surface area contributed by atoms with Gasteiger partial charge in [-0.2, -0.15) is 5.10 Å². The Bertz CT molecular complexity index is 1970. The number of anilines is 1. The lowest BCUT2D eigenvalue weighted by Crippen LogP contribution is -2.63. The van der Waals surface area contributed by atoms with Gasteiger partial charge in [0, 0.05) is 11.8 Å². The molecular weight excluding hydrogens is 582 g/mol. The highest BCUT2D eigenvalue weighted by molar-refractivity contribution is 6.10. The molecule has 3 heterocycles. The number of rotatable bonds is 6. The number of para-hydroxylation sites is 1. The second-order valence-electron chi connectivity index (χ2n) is 11.8. The molecule has 230 valence electrons. The number of nitrogens with zero attached hydrogens (tertiary/aromatic N) is 3. The molecule has 5 aromatic carbocycles. The number of hydrogen-bond acceptors (Lipinski definition) is 4. The van der Waals surface area contributed by atoms with Crippen LogP contribution in [0.3, 0.4) is 0 Å². The van der Waals surface area contributed by atoms with Gasteiger partial charge in [0.2, 0.25) is 5.79 Å². The number of carbonyl (C=O) groups is 1. The fraction of sp³-hybridized carbons (Fsp3) is 0.122. The van der Waals surface area contributed by atoms with E-state index < -0.39 is 11.2 Å². The van der Waals surface area contributed by atoms with Crippen molar-refractivity contribution >= 4 is 17.3 Å². The van der Waals surface area contributed by atoms with E-state index in [2.05, 4.69) is 24.3 Å². The SMILES string of the molecule is Cc1nn(-c2ccccc2)c2c1C1(OCCO1)C(c1ccccc1)(c1ccccc1)C(=O)N2C=C(c1ccccc1)c1ccccc1. The van der Waals surface area contributed by atoms with Gasteiger partial charge >= 0.3 is 0 Å². The van der Waals surface area contributed by atoms with Crippen LogP contribution in [0.5, 0.6) is 0 Å². The van der Waals surface area contributed by atoms with Crippen molar-refractivity contribution in [1.29, 1.82) is 0 Å². The number of aromatic nitrogens is 2. The Morgan fingerprint density at radius 3 is 1.60 bits per heavy atom. The van der Waals surface area contributed by atoms with Crippen molar-refractivity contribution in [2.24, 2.45) is 0 Å². The number of ether oxygens (including phenoxy) is 2. The number of benzene rings is 5. The highest BCUT2D eigenvalue weighted by atomic mass is 16.7. The summed E-state index contributed by atoms with van der Waals surface area (Å²) < 4.78 is 15.5. The van der Waals surface area contributed by atoms with Crippen LogP contribution in [0.2, 0.25) is 0 Å². The fourth-order valence-electron chi connectivity index (χ4n) is 7.22. The van der Waals surface area contributed by atoms with Crippen molar-refractivity contribution in [3.63, 3.8) is 0 Å². The van der Waals surface area contributed by atoms with E-state index in [0.717, 1.165) is 39.1 Å². The molecule has 0 N–H and O–H groups in total. The summed E-state index contributed by atoms with van der Waals surface area (Å²) in [4.78, 5) is 17.8. The van der Waals surface area contributed by atoms with Crippen molar-refractivity contribution < 1.29 is 14.3 Å². The maximum absolute atomic E-state index is 16.0. The quantitative estimate of drug-likeness (QED) is 0.192. The van der Waals surface area contributed by atoms with Gasteiger partial charge in [-0.15, -0.1) is 0 Å². The minimum absolute atomic E-state index is 0.203. The Kier molecular flexibility index (Phi) is 7.17. The van der Waals surface area contributed by atoms with Gasteiger partial charge in [-0.3, -0.25) is 9.69 Å². The second kappa shape index (κ2) is 11.7. The highest BCUT2D eigenvalue weighted by Crippen LogP contribution is 2.60. The number of carbonyl (C=O) groups excluding carboxylic acids is 1. The zero-order valence-electron chi connectivity index (χ0n) is 26.0. The molecule has 8 rings (SSSR count). The predicted octanol–water partition coefficient (Wildman–Crippen LogP) is 7.80. The van der Waals surface area contributed by atoms with Crippen LogP contribution >= 0.6 is 0 Å². The summed E-state index contributed by atoms with van der Waals surface area (Å²) in [6.07, 6.45) is 1.97. The second-order valence-corrected chi connectivity index (χ2v) is 11.8. The topological polar surface area (TPSA) is 56.6 Å². The third-order valence-electron chi connectivity index (χ3n) is 9.16. The smallest absolute Gasteiger partial charge is 0.253 e. The van der Waals surface area contributed by atoms with Crippen LogP contribution in [0, 0.1) is 6.92 Å². The van der Waals surface area contributed by atoms with Gasteiger partial charge in [-0.05, 0) is 41.3 Å². The lowest BCUT2D eigenvalue weighted by molar-refractivity contribution is -0.211. The van der Waals surface area contributed by atoms with Gasteiger partial charge in [0.15, 0.2) is 11.2 Å². The van der Waals surface area contributed by atoms with E-state index in [0.29, 0.717) is 24.7 Å². The van der Waals surface area contributed by atoms with Crippen molar-refractivity contribution in [3.05, 3.63) is 191 Å². The van der Waals surface area contributed by atoms with E-state index in [1.54, 1.807) is 4.90 Å². The Morgan fingerprint density at radius 1 is 0.660 bits per heavy atom. The van der Waals surface area contributed by atoms with E-state index in [-0.39, 0.29) is 5.91 Å². The van der Waals surface area contributed by atoms with Crippen LogP contribution in [-0.4, -0.2) is 28.9 Å². The van der Waals surface area contributed by atoms with Crippen LogP contribution in [0.25, 0.3) is 11.3 Å². The molecule has 1 saturated heterocycles. The Balaban J connectivity index is 1.53. The van der Waals surface area contributed by atoms with Crippen LogP contribution in [0.1, 0.15) is 33.5 Å². The minimum atomic E-state index is -1.48. The molecule has 0 radical (unpaired) electrons. The molecule has 0 unspecified atom stereocenters.